The fraction of sp³-hybridized carbons (Fsp3) is 0.381. The second kappa shape index (κ2) is 6.45. The second-order valence-corrected chi connectivity index (χ2v) is 7.43. The van der Waals surface area contributed by atoms with Crippen LogP contribution in [0.5, 0.6) is 0 Å². The minimum Gasteiger partial charge on any atom is -0.455 e. The number of hydrogen-bond acceptors (Lipinski definition) is 4. The van der Waals surface area contributed by atoms with E-state index in [1.165, 1.54) is 19.1 Å². The van der Waals surface area contributed by atoms with E-state index < -0.39 is 0 Å². The first-order chi connectivity index (χ1) is 12.6. The highest BCUT2D eigenvalue weighted by molar-refractivity contribution is 5.85. The molecule has 5 heteroatoms. The number of hydrazone groups is 1. The zero-order chi connectivity index (χ0) is 18.1. The van der Waals surface area contributed by atoms with Crippen LogP contribution in [0.3, 0.4) is 0 Å². The molecule has 3 atom stereocenters. The Morgan fingerprint density at radius 1 is 1.35 bits per heavy atom. The number of rotatable bonds is 4. The van der Waals surface area contributed by atoms with Crippen LogP contribution in [-0.2, 0) is 4.79 Å². The first-order valence-corrected chi connectivity index (χ1v) is 9.06. The molecule has 1 amide bonds. The zero-order valence-electron chi connectivity index (χ0n) is 14.7. The summed E-state index contributed by atoms with van der Waals surface area (Å²) < 4.78 is 5.73. The van der Waals surface area contributed by atoms with Crippen molar-refractivity contribution in [3.63, 3.8) is 0 Å². The van der Waals surface area contributed by atoms with Gasteiger partial charge in [0.2, 0.25) is 5.91 Å². The molecular formula is C21H21N3O2. The Morgan fingerprint density at radius 2 is 2.19 bits per heavy atom. The van der Waals surface area contributed by atoms with Gasteiger partial charge in [-0.2, -0.15) is 10.4 Å². The van der Waals surface area contributed by atoms with E-state index in [4.69, 9.17) is 4.42 Å². The summed E-state index contributed by atoms with van der Waals surface area (Å²) in [7, 11) is 0. The summed E-state index contributed by atoms with van der Waals surface area (Å²) in [4.78, 5) is 12.4. The van der Waals surface area contributed by atoms with Gasteiger partial charge in [0.15, 0.2) is 0 Å². The van der Waals surface area contributed by atoms with E-state index in [0.29, 0.717) is 23.0 Å². The number of nitriles is 1. The lowest BCUT2D eigenvalue weighted by Crippen LogP contribution is -2.22. The quantitative estimate of drug-likeness (QED) is 0.668. The van der Waals surface area contributed by atoms with Crippen LogP contribution in [0, 0.1) is 28.6 Å². The molecule has 0 saturated heterocycles. The SMILES string of the molecule is C[C@@]12CCCC[C@@H]1[C@H]2C(=O)N/N=C\c1ccc(-c2ccccc2C#N)o1. The lowest BCUT2D eigenvalue weighted by atomic mass is 9.90. The molecule has 0 spiro atoms. The van der Waals surface area contributed by atoms with Gasteiger partial charge in [0, 0.05) is 11.5 Å². The number of fused-ring (bicyclic) bond motifs is 1. The van der Waals surface area contributed by atoms with Crippen LogP contribution >= 0.6 is 0 Å². The van der Waals surface area contributed by atoms with Crippen molar-refractivity contribution in [3.8, 4) is 17.4 Å². The molecule has 0 unspecified atom stereocenters. The summed E-state index contributed by atoms with van der Waals surface area (Å²) >= 11 is 0. The average Bonchev–Trinajstić information content (AvgIpc) is 3.03. The van der Waals surface area contributed by atoms with Gasteiger partial charge in [-0.05, 0) is 48.4 Å². The van der Waals surface area contributed by atoms with Crippen LogP contribution in [0.2, 0.25) is 0 Å². The van der Waals surface area contributed by atoms with Crippen molar-refractivity contribution in [2.24, 2.45) is 22.4 Å². The molecule has 26 heavy (non-hydrogen) atoms. The maximum atomic E-state index is 12.4. The summed E-state index contributed by atoms with van der Waals surface area (Å²) in [6.45, 7) is 2.22. The first-order valence-electron chi connectivity index (χ1n) is 9.06. The molecule has 2 aliphatic carbocycles. The number of carbonyl (C=O) groups is 1. The van der Waals surface area contributed by atoms with Crippen LogP contribution in [0.1, 0.15) is 43.9 Å². The van der Waals surface area contributed by atoms with E-state index in [2.05, 4.69) is 23.5 Å². The molecule has 1 aromatic carbocycles. The van der Waals surface area contributed by atoms with Crippen LogP contribution in [0.4, 0.5) is 0 Å². The summed E-state index contributed by atoms with van der Waals surface area (Å²) in [6, 6.07) is 13.0. The van der Waals surface area contributed by atoms with Crippen molar-refractivity contribution in [1.82, 2.24) is 5.43 Å². The Kier molecular flexibility index (Phi) is 4.12. The molecule has 2 fully saturated rings. The Hall–Kier alpha value is -2.87. The Balaban J connectivity index is 1.40. The van der Waals surface area contributed by atoms with Gasteiger partial charge in [0.25, 0.3) is 0 Å². The van der Waals surface area contributed by atoms with Crippen LogP contribution < -0.4 is 5.43 Å². The Morgan fingerprint density at radius 3 is 2.96 bits per heavy atom. The number of benzene rings is 1. The largest absolute Gasteiger partial charge is 0.455 e. The molecule has 0 bridgehead atoms. The predicted molar refractivity (Wildman–Crippen MR) is 98.2 cm³/mol. The predicted octanol–water partition coefficient (Wildman–Crippen LogP) is 4.09. The molecule has 132 valence electrons. The van der Waals surface area contributed by atoms with Crippen LogP contribution in [0.25, 0.3) is 11.3 Å². The molecule has 1 heterocycles. The number of nitrogens with one attached hydrogen (secondary N) is 1. The van der Waals surface area contributed by atoms with E-state index in [1.807, 2.05) is 18.2 Å². The molecule has 4 rings (SSSR count). The fourth-order valence-electron chi connectivity index (χ4n) is 4.44. The number of nitrogens with zero attached hydrogens (tertiary/aromatic N) is 2. The molecule has 0 aliphatic heterocycles. The van der Waals surface area contributed by atoms with Crippen molar-refractivity contribution >= 4 is 12.1 Å². The second-order valence-electron chi connectivity index (χ2n) is 7.43. The van der Waals surface area contributed by atoms with E-state index in [9.17, 15) is 10.1 Å². The maximum Gasteiger partial charge on any atom is 0.244 e. The van der Waals surface area contributed by atoms with Crippen molar-refractivity contribution < 1.29 is 9.21 Å². The molecule has 2 saturated carbocycles. The van der Waals surface area contributed by atoms with Gasteiger partial charge in [-0.25, -0.2) is 5.43 Å². The standard InChI is InChI=1S/C21H21N3O2/c1-21-11-5-4-8-17(21)19(21)20(25)24-23-13-15-9-10-18(26-15)16-7-3-2-6-14(16)12-22/h2-3,6-7,9-10,13,17,19H,4-5,8,11H2,1H3,(H,24,25)/b23-13-/t17-,19+,21-/m1/s1. The van der Waals surface area contributed by atoms with Gasteiger partial charge in [0.1, 0.15) is 11.5 Å². The van der Waals surface area contributed by atoms with Crippen LogP contribution in [0.15, 0.2) is 45.9 Å². The van der Waals surface area contributed by atoms with Gasteiger partial charge >= 0.3 is 0 Å². The molecule has 1 aromatic heterocycles. The van der Waals surface area contributed by atoms with Gasteiger partial charge in [-0.3, -0.25) is 4.79 Å². The lowest BCUT2D eigenvalue weighted by Gasteiger charge is -2.15. The molecular weight excluding hydrogens is 326 g/mol. The number of furan rings is 1. The smallest absolute Gasteiger partial charge is 0.244 e. The number of carbonyl (C=O) groups excluding carboxylic acids is 1. The van der Waals surface area contributed by atoms with Crippen molar-refractivity contribution in [2.75, 3.05) is 0 Å². The molecule has 1 N–H and O–H groups in total. The topological polar surface area (TPSA) is 78.4 Å². The number of hydrogen-bond donors (Lipinski definition) is 1. The van der Waals surface area contributed by atoms with Crippen LogP contribution in [-0.4, -0.2) is 12.1 Å². The van der Waals surface area contributed by atoms with Gasteiger partial charge in [0.05, 0.1) is 17.8 Å². The normalized spacial score (nSPS) is 26.9. The average molecular weight is 347 g/mol. The third kappa shape index (κ3) is 2.82. The monoisotopic (exact) mass is 347 g/mol. The van der Waals surface area contributed by atoms with Crippen molar-refractivity contribution in [2.45, 2.75) is 32.6 Å². The molecule has 0 radical (unpaired) electrons. The Bertz CT molecular complexity index is 908. The first kappa shape index (κ1) is 16.6. The third-order valence-electron chi connectivity index (χ3n) is 5.92. The van der Waals surface area contributed by atoms with E-state index in [-0.39, 0.29) is 17.2 Å². The molecule has 5 nitrogen and oxygen atoms in total. The highest BCUT2D eigenvalue weighted by Gasteiger charge is 2.64. The maximum absolute atomic E-state index is 12.4. The minimum atomic E-state index is 0.0113. The zero-order valence-corrected chi connectivity index (χ0v) is 14.7. The summed E-state index contributed by atoms with van der Waals surface area (Å²) in [5, 5.41) is 13.2. The van der Waals surface area contributed by atoms with E-state index in [0.717, 1.165) is 18.4 Å². The third-order valence-corrected chi connectivity index (χ3v) is 5.92. The van der Waals surface area contributed by atoms with Gasteiger partial charge in [-0.1, -0.05) is 31.9 Å². The highest BCUT2D eigenvalue weighted by atomic mass is 16.3. The summed E-state index contributed by atoms with van der Waals surface area (Å²) in [5.41, 5.74) is 4.14. The van der Waals surface area contributed by atoms with E-state index >= 15 is 0 Å². The fourth-order valence-corrected chi connectivity index (χ4v) is 4.44. The number of amides is 1. The van der Waals surface area contributed by atoms with Crippen molar-refractivity contribution in [1.29, 1.82) is 5.26 Å². The van der Waals surface area contributed by atoms with E-state index in [1.54, 1.807) is 18.2 Å². The van der Waals surface area contributed by atoms with Crippen molar-refractivity contribution in [3.05, 3.63) is 47.7 Å². The van der Waals surface area contributed by atoms with Gasteiger partial charge < -0.3 is 4.42 Å². The Labute approximate surface area is 152 Å². The van der Waals surface area contributed by atoms with Gasteiger partial charge in [-0.15, -0.1) is 0 Å². The summed E-state index contributed by atoms with van der Waals surface area (Å²) in [5.74, 6) is 1.77. The minimum absolute atomic E-state index is 0.0113. The molecule has 2 aromatic rings. The highest BCUT2D eigenvalue weighted by Crippen LogP contribution is 2.66. The summed E-state index contributed by atoms with van der Waals surface area (Å²) in [6.07, 6.45) is 6.24. The lowest BCUT2D eigenvalue weighted by molar-refractivity contribution is -0.123. The molecule has 2 aliphatic rings.